The lowest BCUT2D eigenvalue weighted by molar-refractivity contribution is -0.274. The first kappa shape index (κ1) is 18.0. The summed E-state index contributed by atoms with van der Waals surface area (Å²) < 4.78 is 54.8. The second-order valence-corrected chi connectivity index (χ2v) is 6.02. The standard InChI is InChI=1S/C19H15F4NO2/c1-10-14(18(24)25)6-7-15-16(10)8-12(20)9-17(15)11-2-4-13(5-3-11)26-19(21,22)23/h2-5,8-9H,6-7H2,1H3,(H2,24,25). The maximum absolute atomic E-state index is 14.1. The number of alkyl halides is 3. The predicted molar refractivity (Wildman–Crippen MR) is 88.6 cm³/mol. The zero-order valence-electron chi connectivity index (χ0n) is 13.8. The summed E-state index contributed by atoms with van der Waals surface area (Å²) in [5, 5.41) is 0. The van der Waals surface area contributed by atoms with Gasteiger partial charge in [-0.3, -0.25) is 4.79 Å². The minimum atomic E-state index is -4.77. The van der Waals surface area contributed by atoms with Crippen molar-refractivity contribution in [2.45, 2.75) is 26.1 Å². The molecule has 1 amide bonds. The molecule has 0 atom stereocenters. The van der Waals surface area contributed by atoms with Gasteiger partial charge >= 0.3 is 6.36 Å². The average Bonchev–Trinajstić information content (AvgIpc) is 2.54. The van der Waals surface area contributed by atoms with Gasteiger partial charge in [-0.1, -0.05) is 12.1 Å². The van der Waals surface area contributed by atoms with Crippen molar-refractivity contribution in [3.8, 4) is 16.9 Å². The lowest BCUT2D eigenvalue weighted by Gasteiger charge is -2.23. The van der Waals surface area contributed by atoms with Crippen molar-refractivity contribution in [3.05, 3.63) is 58.9 Å². The van der Waals surface area contributed by atoms with Gasteiger partial charge in [-0.25, -0.2) is 4.39 Å². The monoisotopic (exact) mass is 365 g/mol. The van der Waals surface area contributed by atoms with Gasteiger partial charge in [0, 0.05) is 5.57 Å². The maximum atomic E-state index is 14.1. The lowest BCUT2D eigenvalue weighted by atomic mass is 9.82. The van der Waals surface area contributed by atoms with Crippen LogP contribution in [0.1, 0.15) is 24.5 Å². The number of carbonyl (C=O) groups excluding carboxylic acids is 1. The van der Waals surface area contributed by atoms with Crippen LogP contribution in [-0.4, -0.2) is 12.3 Å². The van der Waals surface area contributed by atoms with Crippen molar-refractivity contribution >= 4 is 11.5 Å². The van der Waals surface area contributed by atoms with E-state index in [9.17, 15) is 22.4 Å². The number of hydrogen-bond donors (Lipinski definition) is 1. The van der Waals surface area contributed by atoms with E-state index in [1.54, 1.807) is 6.92 Å². The molecule has 7 heteroatoms. The van der Waals surface area contributed by atoms with Crippen LogP contribution in [0.3, 0.4) is 0 Å². The highest BCUT2D eigenvalue weighted by Gasteiger charge is 2.31. The summed E-state index contributed by atoms with van der Waals surface area (Å²) >= 11 is 0. The first-order chi connectivity index (χ1) is 12.2. The minimum Gasteiger partial charge on any atom is -0.406 e. The highest BCUT2D eigenvalue weighted by Crippen LogP contribution is 2.38. The Morgan fingerprint density at radius 2 is 1.69 bits per heavy atom. The van der Waals surface area contributed by atoms with Crippen LogP contribution in [0.4, 0.5) is 17.6 Å². The SMILES string of the molecule is CC1=C(C(N)=O)CCc2c1cc(F)cc2-c1ccc(OC(F)(F)F)cc1. The van der Waals surface area contributed by atoms with E-state index < -0.39 is 18.1 Å². The summed E-state index contributed by atoms with van der Waals surface area (Å²) in [5.74, 6) is -1.38. The second-order valence-electron chi connectivity index (χ2n) is 6.02. The number of hydrogen-bond acceptors (Lipinski definition) is 2. The highest BCUT2D eigenvalue weighted by molar-refractivity contribution is 6.01. The fraction of sp³-hybridized carbons (Fsp3) is 0.211. The Morgan fingerprint density at radius 1 is 1.08 bits per heavy atom. The van der Waals surface area contributed by atoms with Crippen molar-refractivity contribution in [2.75, 3.05) is 0 Å². The molecule has 2 aromatic carbocycles. The number of fused-ring (bicyclic) bond motifs is 1. The molecular formula is C19H15F4NO2. The molecule has 0 fully saturated rings. The Balaban J connectivity index is 2.05. The Morgan fingerprint density at radius 3 is 2.27 bits per heavy atom. The summed E-state index contributed by atoms with van der Waals surface area (Å²) in [6.07, 6.45) is -3.85. The smallest absolute Gasteiger partial charge is 0.406 e. The molecule has 3 rings (SSSR count). The fourth-order valence-corrected chi connectivity index (χ4v) is 3.24. The molecule has 2 aromatic rings. The van der Waals surface area contributed by atoms with E-state index in [0.717, 1.165) is 5.56 Å². The zero-order valence-corrected chi connectivity index (χ0v) is 13.8. The van der Waals surface area contributed by atoms with Crippen LogP contribution in [0, 0.1) is 5.82 Å². The maximum Gasteiger partial charge on any atom is 0.573 e. The molecule has 0 heterocycles. The summed E-state index contributed by atoms with van der Waals surface area (Å²) in [5.41, 5.74) is 9.01. The number of halogens is 4. The summed E-state index contributed by atoms with van der Waals surface area (Å²) in [6.45, 7) is 1.71. The van der Waals surface area contributed by atoms with Gasteiger partial charge in [-0.05, 0) is 71.9 Å². The van der Waals surface area contributed by atoms with Gasteiger partial charge in [-0.2, -0.15) is 0 Å². The first-order valence-electron chi connectivity index (χ1n) is 7.84. The molecule has 0 bridgehead atoms. The molecular weight excluding hydrogens is 350 g/mol. The van der Waals surface area contributed by atoms with Crippen LogP contribution in [0.25, 0.3) is 16.7 Å². The van der Waals surface area contributed by atoms with Crippen molar-refractivity contribution in [1.82, 2.24) is 0 Å². The number of allylic oxidation sites excluding steroid dienone is 1. The van der Waals surface area contributed by atoms with Crippen molar-refractivity contribution in [2.24, 2.45) is 5.73 Å². The molecule has 3 nitrogen and oxygen atoms in total. The van der Waals surface area contributed by atoms with Crippen molar-refractivity contribution in [1.29, 1.82) is 0 Å². The molecule has 0 aromatic heterocycles. The van der Waals surface area contributed by atoms with Crippen LogP contribution in [0.15, 0.2) is 42.0 Å². The zero-order chi connectivity index (χ0) is 19.1. The third-order valence-electron chi connectivity index (χ3n) is 4.39. The molecule has 136 valence electrons. The van der Waals surface area contributed by atoms with Crippen LogP contribution in [-0.2, 0) is 11.2 Å². The van der Waals surface area contributed by atoms with Gasteiger partial charge in [0.1, 0.15) is 11.6 Å². The fourth-order valence-electron chi connectivity index (χ4n) is 3.24. The van der Waals surface area contributed by atoms with Gasteiger partial charge in [0.15, 0.2) is 0 Å². The minimum absolute atomic E-state index is 0.349. The summed E-state index contributed by atoms with van der Waals surface area (Å²) in [4.78, 5) is 11.5. The first-order valence-corrected chi connectivity index (χ1v) is 7.84. The molecule has 2 N–H and O–H groups in total. The van der Waals surface area contributed by atoms with E-state index in [-0.39, 0.29) is 5.75 Å². The van der Waals surface area contributed by atoms with E-state index in [2.05, 4.69) is 4.74 Å². The number of rotatable bonds is 3. The molecule has 0 saturated carbocycles. The summed E-state index contributed by atoms with van der Waals surface area (Å²) in [7, 11) is 0. The average molecular weight is 365 g/mol. The van der Waals surface area contributed by atoms with Crippen LogP contribution in [0.2, 0.25) is 0 Å². The highest BCUT2D eigenvalue weighted by atomic mass is 19.4. The van der Waals surface area contributed by atoms with E-state index in [4.69, 9.17) is 5.73 Å². The summed E-state index contributed by atoms with van der Waals surface area (Å²) in [6, 6.07) is 7.93. The molecule has 1 aliphatic carbocycles. The third-order valence-corrected chi connectivity index (χ3v) is 4.39. The van der Waals surface area contributed by atoms with Crippen molar-refractivity contribution in [3.63, 3.8) is 0 Å². The van der Waals surface area contributed by atoms with E-state index in [0.29, 0.717) is 40.7 Å². The Hall–Kier alpha value is -2.83. The number of primary amides is 1. The molecule has 0 aliphatic heterocycles. The second kappa shape index (κ2) is 6.48. The lowest BCUT2D eigenvalue weighted by Crippen LogP contribution is -2.19. The molecule has 0 saturated heterocycles. The van der Waals surface area contributed by atoms with Crippen LogP contribution in [0.5, 0.6) is 5.75 Å². The Kier molecular flexibility index (Phi) is 4.48. The Bertz CT molecular complexity index is 899. The topological polar surface area (TPSA) is 52.3 Å². The molecule has 1 aliphatic rings. The number of nitrogens with two attached hydrogens (primary N) is 1. The number of carbonyl (C=O) groups is 1. The van der Waals surface area contributed by atoms with Gasteiger partial charge in [0.05, 0.1) is 0 Å². The van der Waals surface area contributed by atoms with Crippen LogP contribution < -0.4 is 10.5 Å². The molecule has 26 heavy (non-hydrogen) atoms. The van der Waals surface area contributed by atoms with Crippen LogP contribution >= 0.6 is 0 Å². The quantitative estimate of drug-likeness (QED) is 0.809. The number of amides is 1. The molecule has 0 spiro atoms. The molecule has 0 unspecified atom stereocenters. The van der Waals surface area contributed by atoms with Gasteiger partial charge in [0.2, 0.25) is 5.91 Å². The van der Waals surface area contributed by atoms with Gasteiger partial charge in [0.25, 0.3) is 0 Å². The van der Waals surface area contributed by atoms with E-state index in [1.165, 1.54) is 36.4 Å². The third kappa shape index (κ3) is 3.56. The normalized spacial score (nSPS) is 14.2. The number of ether oxygens (including phenoxy) is 1. The predicted octanol–water partition coefficient (Wildman–Crippen LogP) is 4.60. The Labute approximate surface area is 147 Å². The number of benzene rings is 2. The van der Waals surface area contributed by atoms with E-state index in [1.807, 2.05) is 0 Å². The van der Waals surface area contributed by atoms with E-state index >= 15 is 0 Å². The van der Waals surface area contributed by atoms with Gasteiger partial charge < -0.3 is 10.5 Å². The largest absolute Gasteiger partial charge is 0.573 e. The molecule has 0 radical (unpaired) electrons. The van der Waals surface area contributed by atoms with Gasteiger partial charge in [-0.15, -0.1) is 13.2 Å². The van der Waals surface area contributed by atoms with Crippen molar-refractivity contribution < 1.29 is 27.1 Å².